The third-order valence-corrected chi connectivity index (χ3v) is 4.61. The Labute approximate surface area is 150 Å². The minimum Gasteiger partial charge on any atom is -0.455 e. The summed E-state index contributed by atoms with van der Waals surface area (Å²) >= 11 is 1.50. The van der Waals surface area contributed by atoms with Crippen LogP contribution >= 0.6 is 11.3 Å². The third kappa shape index (κ3) is 3.21. The van der Waals surface area contributed by atoms with Gasteiger partial charge >= 0.3 is 5.97 Å². The molecule has 9 heteroatoms. The molecule has 3 heterocycles. The van der Waals surface area contributed by atoms with E-state index in [9.17, 15) is 14.0 Å². The number of hydrogen-bond donors (Lipinski definition) is 1. The van der Waals surface area contributed by atoms with Crippen molar-refractivity contribution in [2.24, 2.45) is 0 Å². The molecule has 0 spiro atoms. The van der Waals surface area contributed by atoms with Crippen LogP contribution in [0.3, 0.4) is 0 Å². The molecule has 4 rings (SSSR count). The fourth-order valence-corrected chi connectivity index (χ4v) is 3.34. The van der Waals surface area contributed by atoms with Crippen molar-refractivity contribution in [3.8, 4) is 11.4 Å². The Morgan fingerprint density at radius 3 is 3.12 bits per heavy atom. The second-order valence-corrected chi connectivity index (χ2v) is 6.45. The Morgan fingerprint density at radius 2 is 2.31 bits per heavy atom. The summed E-state index contributed by atoms with van der Waals surface area (Å²) in [5.41, 5.74) is 1.61. The molecular weight excluding hydrogens is 361 g/mol. The highest BCUT2D eigenvalue weighted by Crippen LogP contribution is 2.33. The number of carbonyl (C=O) groups excluding carboxylic acids is 2. The molecule has 0 saturated carbocycles. The number of amides is 1. The van der Waals surface area contributed by atoms with Crippen molar-refractivity contribution in [3.63, 3.8) is 0 Å². The monoisotopic (exact) mass is 373 g/mol. The maximum absolute atomic E-state index is 13.3. The number of esters is 1. The molecule has 132 valence electrons. The molecule has 1 amide bonds. The van der Waals surface area contributed by atoms with E-state index in [2.05, 4.69) is 15.5 Å². The molecule has 7 nitrogen and oxygen atoms in total. The molecule has 1 N–H and O–H groups in total. The van der Waals surface area contributed by atoms with E-state index in [0.717, 1.165) is 5.56 Å². The number of rotatable bonds is 4. The zero-order chi connectivity index (χ0) is 18.1. The Kier molecular flexibility index (Phi) is 4.21. The fourth-order valence-electron chi connectivity index (χ4n) is 2.70. The molecule has 1 aliphatic rings. The predicted octanol–water partition coefficient (Wildman–Crippen LogP) is 3.11. The van der Waals surface area contributed by atoms with Crippen LogP contribution in [0.4, 0.5) is 10.1 Å². The average Bonchev–Trinajstić information content (AvgIpc) is 3.29. The van der Waals surface area contributed by atoms with Gasteiger partial charge in [-0.05, 0) is 29.1 Å². The van der Waals surface area contributed by atoms with Crippen molar-refractivity contribution in [3.05, 3.63) is 52.3 Å². The molecule has 1 aromatic carbocycles. The largest absolute Gasteiger partial charge is 0.455 e. The number of carbonyl (C=O) groups is 2. The first kappa shape index (κ1) is 16.4. The standard InChI is InChI=1S/C17H12FN3O4S/c18-10-1-2-11-12(6-14(22)19-13(11)5-10)17(23)24-7-15-20-16(21-25-15)9-3-4-26-8-9/h1-5,8,12H,6-7H2,(H,19,22)/t12-/m1/s1. The van der Waals surface area contributed by atoms with Crippen molar-refractivity contribution in [1.82, 2.24) is 10.1 Å². The van der Waals surface area contributed by atoms with E-state index < -0.39 is 17.7 Å². The lowest BCUT2D eigenvalue weighted by atomic mass is 9.90. The van der Waals surface area contributed by atoms with Crippen LogP contribution in [0.5, 0.6) is 0 Å². The number of anilines is 1. The average molecular weight is 373 g/mol. The van der Waals surface area contributed by atoms with E-state index in [1.54, 1.807) is 0 Å². The maximum Gasteiger partial charge on any atom is 0.314 e. The first-order valence-electron chi connectivity index (χ1n) is 7.71. The van der Waals surface area contributed by atoms with Gasteiger partial charge in [0.15, 0.2) is 6.61 Å². The quantitative estimate of drug-likeness (QED) is 0.706. The Hall–Kier alpha value is -3.07. The SMILES string of the molecule is O=C1C[C@@H](C(=O)OCc2nc(-c3ccsc3)no2)c2ccc(F)cc2N1. The number of halogens is 1. The summed E-state index contributed by atoms with van der Waals surface area (Å²) in [7, 11) is 0. The summed E-state index contributed by atoms with van der Waals surface area (Å²) in [5.74, 6) is -1.72. The zero-order valence-corrected chi connectivity index (χ0v) is 14.1. The van der Waals surface area contributed by atoms with Crippen LogP contribution in [0, 0.1) is 5.82 Å². The fraction of sp³-hybridized carbons (Fsp3) is 0.176. The van der Waals surface area contributed by atoms with Gasteiger partial charge in [-0.25, -0.2) is 4.39 Å². The van der Waals surface area contributed by atoms with E-state index in [1.165, 1.54) is 29.5 Å². The highest BCUT2D eigenvalue weighted by atomic mass is 32.1. The molecule has 0 saturated heterocycles. The lowest BCUT2D eigenvalue weighted by molar-refractivity contribution is -0.148. The van der Waals surface area contributed by atoms with E-state index in [1.807, 2.05) is 16.8 Å². The van der Waals surface area contributed by atoms with Crippen molar-refractivity contribution >= 4 is 28.9 Å². The van der Waals surface area contributed by atoms with Crippen LogP contribution in [0.1, 0.15) is 23.8 Å². The van der Waals surface area contributed by atoms with Gasteiger partial charge in [-0.15, -0.1) is 0 Å². The molecular formula is C17H12FN3O4S. The van der Waals surface area contributed by atoms with Gasteiger partial charge in [0.05, 0.1) is 5.92 Å². The van der Waals surface area contributed by atoms with Gasteiger partial charge in [0, 0.05) is 23.1 Å². The summed E-state index contributed by atoms with van der Waals surface area (Å²) < 4.78 is 23.6. The number of benzene rings is 1. The van der Waals surface area contributed by atoms with Crippen molar-refractivity contribution in [2.45, 2.75) is 18.9 Å². The van der Waals surface area contributed by atoms with Gasteiger partial charge in [-0.1, -0.05) is 11.2 Å². The van der Waals surface area contributed by atoms with Gasteiger partial charge in [-0.2, -0.15) is 16.3 Å². The second-order valence-electron chi connectivity index (χ2n) is 5.67. The first-order valence-corrected chi connectivity index (χ1v) is 8.65. The number of nitrogens with zero attached hydrogens (tertiary/aromatic N) is 2. The van der Waals surface area contributed by atoms with Crippen LogP contribution in [-0.2, 0) is 20.9 Å². The van der Waals surface area contributed by atoms with Crippen LogP contribution in [0.2, 0.25) is 0 Å². The smallest absolute Gasteiger partial charge is 0.314 e. The normalized spacial score (nSPS) is 16.0. The molecule has 0 radical (unpaired) electrons. The number of aromatic nitrogens is 2. The Balaban J connectivity index is 1.46. The minimum atomic E-state index is -0.807. The number of hydrogen-bond acceptors (Lipinski definition) is 7. The summed E-state index contributed by atoms with van der Waals surface area (Å²) in [6.07, 6.45) is -0.0680. The first-order chi connectivity index (χ1) is 12.6. The molecule has 2 aromatic heterocycles. The molecule has 3 aromatic rings. The summed E-state index contributed by atoms with van der Waals surface area (Å²) in [4.78, 5) is 28.4. The number of ether oxygens (including phenoxy) is 1. The number of fused-ring (bicyclic) bond motifs is 1. The predicted molar refractivity (Wildman–Crippen MR) is 89.8 cm³/mol. The molecule has 26 heavy (non-hydrogen) atoms. The molecule has 1 aliphatic heterocycles. The summed E-state index contributed by atoms with van der Waals surface area (Å²) in [6, 6.07) is 5.74. The van der Waals surface area contributed by atoms with Gasteiger partial charge in [0.25, 0.3) is 5.89 Å². The van der Waals surface area contributed by atoms with Crippen LogP contribution < -0.4 is 5.32 Å². The van der Waals surface area contributed by atoms with Gasteiger partial charge in [0.2, 0.25) is 11.7 Å². The lowest BCUT2D eigenvalue weighted by Gasteiger charge is -2.23. The summed E-state index contributed by atoms with van der Waals surface area (Å²) in [6.45, 7) is -0.204. The zero-order valence-electron chi connectivity index (χ0n) is 13.3. The van der Waals surface area contributed by atoms with Crippen molar-refractivity contribution in [2.75, 3.05) is 5.32 Å². The number of thiophene rings is 1. The Morgan fingerprint density at radius 1 is 1.42 bits per heavy atom. The van der Waals surface area contributed by atoms with Crippen LogP contribution in [0.15, 0.2) is 39.5 Å². The van der Waals surface area contributed by atoms with E-state index in [4.69, 9.17) is 9.26 Å². The van der Waals surface area contributed by atoms with Crippen LogP contribution in [0.25, 0.3) is 11.4 Å². The minimum absolute atomic E-state index is 0.0680. The highest BCUT2D eigenvalue weighted by molar-refractivity contribution is 7.08. The van der Waals surface area contributed by atoms with Crippen LogP contribution in [-0.4, -0.2) is 22.0 Å². The van der Waals surface area contributed by atoms with E-state index >= 15 is 0 Å². The lowest BCUT2D eigenvalue weighted by Crippen LogP contribution is -2.28. The van der Waals surface area contributed by atoms with E-state index in [-0.39, 0.29) is 30.5 Å². The van der Waals surface area contributed by atoms with E-state index in [0.29, 0.717) is 11.4 Å². The van der Waals surface area contributed by atoms with Gasteiger partial charge in [0.1, 0.15) is 5.82 Å². The third-order valence-electron chi connectivity index (χ3n) is 3.92. The van der Waals surface area contributed by atoms with Crippen molar-refractivity contribution in [1.29, 1.82) is 0 Å². The summed E-state index contributed by atoms with van der Waals surface area (Å²) in [5, 5.41) is 10.1. The highest BCUT2D eigenvalue weighted by Gasteiger charge is 2.32. The van der Waals surface area contributed by atoms with Gasteiger partial charge < -0.3 is 14.6 Å². The maximum atomic E-state index is 13.3. The molecule has 0 aliphatic carbocycles. The molecule has 1 atom stereocenters. The molecule has 0 fully saturated rings. The molecule has 0 bridgehead atoms. The number of nitrogens with one attached hydrogen (secondary N) is 1. The Bertz CT molecular complexity index is 970. The topological polar surface area (TPSA) is 94.3 Å². The molecule has 0 unspecified atom stereocenters. The van der Waals surface area contributed by atoms with Crippen molar-refractivity contribution < 1.29 is 23.2 Å². The van der Waals surface area contributed by atoms with Gasteiger partial charge in [-0.3, -0.25) is 9.59 Å². The second kappa shape index (κ2) is 6.68.